The lowest BCUT2D eigenvalue weighted by molar-refractivity contribution is 0.0527. The molecule has 0 fully saturated rings. The SMILES string of the molecule is CCOC(=O)c1ccccc1Nc1ccc(C(=O)NCCOC)nc1. The second-order valence-corrected chi connectivity index (χ2v) is 5.07. The minimum Gasteiger partial charge on any atom is -0.462 e. The van der Waals surface area contributed by atoms with Crippen molar-refractivity contribution in [3.8, 4) is 0 Å². The Bertz CT molecular complexity index is 717. The Balaban J connectivity index is 2.07. The van der Waals surface area contributed by atoms with Crippen LogP contribution in [0.1, 0.15) is 27.8 Å². The molecule has 1 aromatic carbocycles. The van der Waals surface area contributed by atoms with Crippen molar-refractivity contribution in [2.24, 2.45) is 0 Å². The normalized spacial score (nSPS) is 10.2. The molecule has 7 nitrogen and oxygen atoms in total. The number of methoxy groups -OCH3 is 1. The second-order valence-electron chi connectivity index (χ2n) is 5.07. The van der Waals surface area contributed by atoms with Gasteiger partial charge in [0.1, 0.15) is 5.69 Å². The molecule has 0 saturated heterocycles. The van der Waals surface area contributed by atoms with E-state index < -0.39 is 5.97 Å². The molecule has 0 aliphatic rings. The molecule has 1 amide bonds. The van der Waals surface area contributed by atoms with Crippen LogP contribution in [0.15, 0.2) is 42.6 Å². The highest BCUT2D eigenvalue weighted by Crippen LogP contribution is 2.21. The van der Waals surface area contributed by atoms with Gasteiger partial charge in [-0.2, -0.15) is 0 Å². The molecule has 0 bridgehead atoms. The molecule has 2 aromatic rings. The molecule has 1 heterocycles. The Labute approximate surface area is 146 Å². The summed E-state index contributed by atoms with van der Waals surface area (Å²) < 4.78 is 9.92. The first kappa shape index (κ1) is 18.4. The van der Waals surface area contributed by atoms with Crippen molar-refractivity contribution in [1.82, 2.24) is 10.3 Å². The van der Waals surface area contributed by atoms with E-state index in [0.717, 1.165) is 0 Å². The zero-order valence-electron chi connectivity index (χ0n) is 14.2. The molecule has 7 heteroatoms. The number of esters is 1. The van der Waals surface area contributed by atoms with Crippen molar-refractivity contribution in [1.29, 1.82) is 0 Å². The standard InChI is InChI=1S/C18H21N3O4/c1-3-25-18(23)14-6-4-5-7-15(14)21-13-8-9-16(20-12-13)17(22)19-10-11-24-2/h4-9,12,21H,3,10-11H2,1-2H3,(H,19,22). The Kier molecular flexibility index (Phi) is 6.91. The summed E-state index contributed by atoms with van der Waals surface area (Å²) in [7, 11) is 1.57. The maximum Gasteiger partial charge on any atom is 0.340 e. The fourth-order valence-electron chi connectivity index (χ4n) is 2.09. The smallest absolute Gasteiger partial charge is 0.340 e. The summed E-state index contributed by atoms with van der Waals surface area (Å²) in [5, 5.41) is 5.81. The zero-order chi connectivity index (χ0) is 18.1. The molecule has 0 spiro atoms. The highest BCUT2D eigenvalue weighted by atomic mass is 16.5. The molecule has 132 valence electrons. The number of aromatic nitrogens is 1. The predicted molar refractivity (Wildman–Crippen MR) is 94.1 cm³/mol. The Morgan fingerprint density at radius 2 is 1.96 bits per heavy atom. The van der Waals surface area contributed by atoms with Crippen molar-refractivity contribution in [2.75, 3.05) is 32.2 Å². The molecule has 0 saturated carbocycles. The van der Waals surface area contributed by atoms with Gasteiger partial charge in [0.15, 0.2) is 0 Å². The van der Waals surface area contributed by atoms with E-state index in [9.17, 15) is 9.59 Å². The molecule has 25 heavy (non-hydrogen) atoms. The first-order valence-electron chi connectivity index (χ1n) is 7.92. The summed E-state index contributed by atoms with van der Waals surface area (Å²) in [4.78, 5) is 28.0. The number of nitrogens with one attached hydrogen (secondary N) is 2. The molecule has 2 N–H and O–H groups in total. The van der Waals surface area contributed by atoms with E-state index in [2.05, 4.69) is 15.6 Å². The predicted octanol–water partition coefficient (Wildman–Crippen LogP) is 2.38. The van der Waals surface area contributed by atoms with Crippen LogP contribution < -0.4 is 10.6 Å². The van der Waals surface area contributed by atoms with Gasteiger partial charge in [-0.25, -0.2) is 9.78 Å². The van der Waals surface area contributed by atoms with Gasteiger partial charge in [-0.05, 0) is 31.2 Å². The number of carbonyl (C=O) groups excluding carboxylic acids is 2. The second kappa shape index (κ2) is 9.39. The van der Waals surface area contributed by atoms with E-state index >= 15 is 0 Å². The highest BCUT2D eigenvalue weighted by molar-refractivity contribution is 5.96. The monoisotopic (exact) mass is 343 g/mol. The average Bonchev–Trinajstić information content (AvgIpc) is 2.63. The van der Waals surface area contributed by atoms with Crippen LogP contribution in [0.5, 0.6) is 0 Å². The summed E-state index contributed by atoms with van der Waals surface area (Å²) >= 11 is 0. The summed E-state index contributed by atoms with van der Waals surface area (Å²) in [5.41, 5.74) is 2.01. The molecule has 0 atom stereocenters. The molecular weight excluding hydrogens is 322 g/mol. The van der Waals surface area contributed by atoms with Crippen LogP contribution in [0.3, 0.4) is 0 Å². The maximum absolute atomic E-state index is 12.0. The summed E-state index contributed by atoms with van der Waals surface area (Å²) in [6.45, 7) is 2.93. The third kappa shape index (κ3) is 5.29. The van der Waals surface area contributed by atoms with Crippen molar-refractivity contribution in [2.45, 2.75) is 6.92 Å². The van der Waals surface area contributed by atoms with E-state index in [-0.39, 0.29) is 5.91 Å². The van der Waals surface area contributed by atoms with Gasteiger partial charge >= 0.3 is 5.97 Å². The van der Waals surface area contributed by atoms with Crippen LogP contribution in [0.4, 0.5) is 11.4 Å². The number of ether oxygens (including phenoxy) is 2. The Morgan fingerprint density at radius 1 is 1.16 bits per heavy atom. The van der Waals surface area contributed by atoms with Gasteiger partial charge in [0.25, 0.3) is 5.91 Å². The Hall–Kier alpha value is -2.93. The molecule has 0 aliphatic carbocycles. The number of hydrogen-bond donors (Lipinski definition) is 2. The number of para-hydroxylation sites is 1. The van der Waals surface area contributed by atoms with Crippen LogP contribution in [0.2, 0.25) is 0 Å². The van der Waals surface area contributed by atoms with Gasteiger partial charge in [0, 0.05) is 13.7 Å². The molecule has 0 radical (unpaired) electrons. The molecular formula is C18H21N3O4. The fraction of sp³-hybridized carbons (Fsp3) is 0.278. The number of amides is 1. The van der Waals surface area contributed by atoms with E-state index in [4.69, 9.17) is 9.47 Å². The Morgan fingerprint density at radius 3 is 2.64 bits per heavy atom. The number of hydrogen-bond acceptors (Lipinski definition) is 6. The number of benzene rings is 1. The lowest BCUT2D eigenvalue weighted by atomic mass is 10.1. The summed E-state index contributed by atoms with van der Waals surface area (Å²) in [6, 6.07) is 10.4. The number of rotatable bonds is 8. The van der Waals surface area contributed by atoms with Crippen LogP contribution in [-0.4, -0.2) is 43.7 Å². The van der Waals surface area contributed by atoms with Crippen LogP contribution in [0.25, 0.3) is 0 Å². The first-order chi connectivity index (χ1) is 12.2. The third-order valence-electron chi connectivity index (χ3n) is 3.29. The van der Waals surface area contributed by atoms with E-state index in [0.29, 0.717) is 42.4 Å². The zero-order valence-corrected chi connectivity index (χ0v) is 14.2. The van der Waals surface area contributed by atoms with Crippen molar-refractivity contribution in [3.05, 3.63) is 53.9 Å². The van der Waals surface area contributed by atoms with Crippen LogP contribution in [0, 0.1) is 0 Å². The third-order valence-corrected chi connectivity index (χ3v) is 3.29. The number of carbonyl (C=O) groups is 2. The van der Waals surface area contributed by atoms with Crippen LogP contribution >= 0.6 is 0 Å². The van der Waals surface area contributed by atoms with Gasteiger partial charge in [0.2, 0.25) is 0 Å². The number of pyridine rings is 1. The minimum atomic E-state index is -0.396. The quantitative estimate of drug-likeness (QED) is 0.565. The van der Waals surface area contributed by atoms with Crippen LogP contribution in [-0.2, 0) is 9.47 Å². The van der Waals surface area contributed by atoms with Crippen molar-refractivity contribution >= 4 is 23.3 Å². The van der Waals surface area contributed by atoms with Gasteiger partial charge in [-0.15, -0.1) is 0 Å². The van der Waals surface area contributed by atoms with Gasteiger partial charge < -0.3 is 20.1 Å². The topological polar surface area (TPSA) is 89.5 Å². The van der Waals surface area contributed by atoms with Crippen molar-refractivity contribution < 1.29 is 19.1 Å². The van der Waals surface area contributed by atoms with Gasteiger partial charge in [0.05, 0.1) is 36.3 Å². The first-order valence-corrected chi connectivity index (χ1v) is 7.92. The lowest BCUT2D eigenvalue weighted by Gasteiger charge is -2.11. The van der Waals surface area contributed by atoms with Crippen molar-refractivity contribution in [3.63, 3.8) is 0 Å². The largest absolute Gasteiger partial charge is 0.462 e. The van der Waals surface area contributed by atoms with E-state index in [1.807, 2.05) is 6.07 Å². The maximum atomic E-state index is 12.0. The number of anilines is 2. The van der Waals surface area contributed by atoms with Gasteiger partial charge in [-0.1, -0.05) is 12.1 Å². The fourth-order valence-corrected chi connectivity index (χ4v) is 2.09. The summed E-state index contributed by atoms with van der Waals surface area (Å²) in [6.07, 6.45) is 1.53. The van der Waals surface area contributed by atoms with E-state index in [1.165, 1.54) is 6.20 Å². The highest BCUT2D eigenvalue weighted by Gasteiger charge is 2.12. The molecule has 1 aromatic heterocycles. The number of nitrogens with zero attached hydrogens (tertiary/aromatic N) is 1. The molecule has 2 rings (SSSR count). The molecule has 0 aliphatic heterocycles. The minimum absolute atomic E-state index is 0.268. The lowest BCUT2D eigenvalue weighted by Crippen LogP contribution is -2.27. The van der Waals surface area contributed by atoms with E-state index in [1.54, 1.807) is 44.4 Å². The average molecular weight is 343 g/mol. The van der Waals surface area contributed by atoms with Gasteiger partial charge in [-0.3, -0.25) is 4.79 Å². The summed E-state index contributed by atoms with van der Waals surface area (Å²) in [5.74, 6) is -0.664. The molecule has 0 unspecified atom stereocenters.